The Kier molecular flexibility index (Phi) is 5.21. The lowest BCUT2D eigenvalue weighted by atomic mass is 9.91. The van der Waals surface area contributed by atoms with Crippen LogP contribution in [-0.4, -0.2) is 43.1 Å². The number of hydrogen-bond acceptors (Lipinski definition) is 3. The monoisotopic (exact) mass is 372 g/mol. The van der Waals surface area contributed by atoms with Crippen molar-refractivity contribution in [1.29, 1.82) is 0 Å². The third-order valence-electron chi connectivity index (χ3n) is 4.82. The van der Waals surface area contributed by atoms with Crippen LogP contribution in [0.15, 0.2) is 42.6 Å². The van der Waals surface area contributed by atoms with Gasteiger partial charge < -0.3 is 10.2 Å². The van der Waals surface area contributed by atoms with Gasteiger partial charge in [-0.15, -0.1) is 0 Å². The number of nitrogens with zero attached hydrogens (tertiary/aromatic N) is 3. The molecule has 2 aromatic rings. The van der Waals surface area contributed by atoms with Crippen LogP contribution in [0.25, 0.3) is 0 Å². The number of aromatic nitrogens is 1. The highest BCUT2D eigenvalue weighted by Gasteiger charge is 2.39. The standard InChI is InChI=1S/C20H25ClN4O/c1-20(2)13-25(16-10-15(21)11-22-18(16)20)19(26)23-12-17(24(3)4)14-8-6-5-7-9-14/h5-11,17H,12-13H2,1-4H3,(H,23,26)/t17-/m0/s1. The van der Waals surface area contributed by atoms with Crippen LogP contribution in [0.1, 0.15) is 31.1 Å². The van der Waals surface area contributed by atoms with Crippen LogP contribution in [0.3, 0.4) is 0 Å². The van der Waals surface area contributed by atoms with Gasteiger partial charge in [-0.2, -0.15) is 0 Å². The normalized spacial score (nSPS) is 16.5. The second-order valence-corrected chi connectivity index (χ2v) is 8.00. The van der Waals surface area contributed by atoms with E-state index in [4.69, 9.17) is 11.6 Å². The fourth-order valence-corrected chi connectivity index (χ4v) is 3.60. The molecule has 5 nitrogen and oxygen atoms in total. The van der Waals surface area contributed by atoms with Gasteiger partial charge in [0.1, 0.15) is 0 Å². The third kappa shape index (κ3) is 3.69. The minimum absolute atomic E-state index is 0.104. The molecule has 1 N–H and O–H groups in total. The first-order valence-electron chi connectivity index (χ1n) is 8.72. The van der Waals surface area contributed by atoms with Gasteiger partial charge in [0, 0.05) is 24.7 Å². The lowest BCUT2D eigenvalue weighted by molar-refractivity contribution is 0.237. The molecule has 1 aromatic carbocycles. The summed E-state index contributed by atoms with van der Waals surface area (Å²) >= 11 is 6.11. The molecule has 0 spiro atoms. The number of halogens is 1. The predicted octanol–water partition coefficient (Wildman–Crippen LogP) is 3.85. The quantitative estimate of drug-likeness (QED) is 0.886. The smallest absolute Gasteiger partial charge is 0.322 e. The van der Waals surface area contributed by atoms with Gasteiger partial charge in [-0.3, -0.25) is 9.88 Å². The molecule has 1 aliphatic rings. The van der Waals surface area contributed by atoms with Crippen molar-refractivity contribution >= 4 is 23.3 Å². The van der Waals surface area contributed by atoms with Crippen molar-refractivity contribution in [1.82, 2.24) is 15.2 Å². The molecular weight excluding hydrogens is 348 g/mol. The Labute approximate surface area is 160 Å². The molecule has 138 valence electrons. The first-order valence-corrected chi connectivity index (χ1v) is 9.10. The maximum Gasteiger partial charge on any atom is 0.322 e. The van der Waals surface area contributed by atoms with Crippen molar-refractivity contribution in [3.8, 4) is 0 Å². The second-order valence-electron chi connectivity index (χ2n) is 7.57. The Bertz CT molecular complexity index is 792. The van der Waals surface area contributed by atoms with Crippen molar-refractivity contribution in [2.75, 3.05) is 32.1 Å². The number of hydrogen-bond donors (Lipinski definition) is 1. The molecule has 3 rings (SSSR count). The molecule has 0 radical (unpaired) electrons. The topological polar surface area (TPSA) is 48.5 Å². The molecule has 0 saturated carbocycles. The Hall–Kier alpha value is -2.11. The van der Waals surface area contributed by atoms with Crippen LogP contribution in [0.2, 0.25) is 5.02 Å². The van der Waals surface area contributed by atoms with Crippen LogP contribution in [-0.2, 0) is 5.41 Å². The second kappa shape index (κ2) is 7.25. The van der Waals surface area contributed by atoms with E-state index in [-0.39, 0.29) is 17.5 Å². The maximum atomic E-state index is 12.9. The lowest BCUT2D eigenvalue weighted by Gasteiger charge is -2.27. The first kappa shape index (κ1) is 18.7. The van der Waals surface area contributed by atoms with Crippen molar-refractivity contribution in [3.63, 3.8) is 0 Å². The Morgan fingerprint density at radius 2 is 2.04 bits per heavy atom. The number of carbonyl (C=O) groups is 1. The van der Waals surface area contributed by atoms with Crippen LogP contribution < -0.4 is 10.2 Å². The predicted molar refractivity (Wildman–Crippen MR) is 106 cm³/mol. The maximum absolute atomic E-state index is 12.9. The number of nitrogens with one attached hydrogen (secondary N) is 1. The van der Waals surface area contributed by atoms with Gasteiger partial charge in [-0.25, -0.2) is 4.79 Å². The number of benzene rings is 1. The van der Waals surface area contributed by atoms with Crippen LogP contribution in [0.4, 0.5) is 10.5 Å². The zero-order valence-electron chi connectivity index (χ0n) is 15.7. The van der Waals surface area contributed by atoms with Gasteiger partial charge in [-0.1, -0.05) is 55.8 Å². The molecule has 2 heterocycles. The molecule has 0 unspecified atom stereocenters. The van der Waals surface area contributed by atoms with Gasteiger partial charge in [0.2, 0.25) is 0 Å². The zero-order valence-corrected chi connectivity index (χ0v) is 16.4. The zero-order chi connectivity index (χ0) is 18.9. The van der Waals surface area contributed by atoms with Gasteiger partial charge in [-0.05, 0) is 25.7 Å². The summed E-state index contributed by atoms with van der Waals surface area (Å²) in [5.74, 6) is 0. The average Bonchev–Trinajstić information content (AvgIpc) is 2.86. The highest BCUT2D eigenvalue weighted by Crippen LogP contribution is 2.40. The number of pyridine rings is 1. The summed E-state index contributed by atoms with van der Waals surface area (Å²) in [5.41, 5.74) is 2.67. The van der Waals surface area contributed by atoms with Crippen LogP contribution >= 0.6 is 11.6 Å². The number of carbonyl (C=O) groups excluding carboxylic acids is 1. The molecule has 26 heavy (non-hydrogen) atoms. The minimum atomic E-state index is -0.197. The largest absolute Gasteiger partial charge is 0.336 e. The summed E-state index contributed by atoms with van der Waals surface area (Å²) in [6, 6.07) is 12.0. The molecule has 1 atom stereocenters. The molecule has 1 aromatic heterocycles. The van der Waals surface area contributed by atoms with E-state index < -0.39 is 0 Å². The van der Waals surface area contributed by atoms with E-state index in [1.807, 2.05) is 38.4 Å². The molecule has 2 amide bonds. The van der Waals surface area contributed by atoms with Crippen molar-refractivity contribution in [2.45, 2.75) is 25.3 Å². The van der Waals surface area contributed by atoms with E-state index >= 15 is 0 Å². The van der Waals surface area contributed by atoms with E-state index in [9.17, 15) is 4.79 Å². The fraction of sp³-hybridized carbons (Fsp3) is 0.400. The Morgan fingerprint density at radius 3 is 2.69 bits per heavy atom. The summed E-state index contributed by atoms with van der Waals surface area (Å²) in [7, 11) is 4.03. The number of amides is 2. The summed E-state index contributed by atoms with van der Waals surface area (Å²) in [6.07, 6.45) is 1.64. The van der Waals surface area contributed by atoms with E-state index in [1.54, 1.807) is 11.1 Å². The molecular formula is C20H25ClN4O. The summed E-state index contributed by atoms with van der Waals surface area (Å²) in [4.78, 5) is 21.2. The van der Waals surface area contributed by atoms with Crippen molar-refractivity contribution < 1.29 is 4.79 Å². The van der Waals surface area contributed by atoms with Gasteiger partial charge in [0.05, 0.1) is 22.4 Å². The first-order chi connectivity index (χ1) is 12.3. The van der Waals surface area contributed by atoms with Gasteiger partial charge in [0.25, 0.3) is 0 Å². The number of urea groups is 1. The number of rotatable bonds is 4. The Morgan fingerprint density at radius 1 is 1.35 bits per heavy atom. The molecule has 0 bridgehead atoms. The van der Waals surface area contributed by atoms with Crippen molar-refractivity contribution in [3.05, 3.63) is 58.9 Å². The van der Waals surface area contributed by atoms with Gasteiger partial charge >= 0.3 is 6.03 Å². The van der Waals surface area contributed by atoms with Crippen molar-refractivity contribution in [2.24, 2.45) is 0 Å². The van der Waals surface area contributed by atoms with E-state index in [0.29, 0.717) is 18.1 Å². The number of anilines is 1. The summed E-state index contributed by atoms with van der Waals surface area (Å²) in [5, 5.41) is 3.61. The summed E-state index contributed by atoms with van der Waals surface area (Å²) in [6.45, 7) is 5.29. The summed E-state index contributed by atoms with van der Waals surface area (Å²) < 4.78 is 0. The van der Waals surface area contributed by atoms with Gasteiger partial charge in [0.15, 0.2) is 0 Å². The van der Waals surface area contributed by atoms with Crippen LogP contribution in [0.5, 0.6) is 0 Å². The van der Waals surface area contributed by atoms with E-state index in [1.165, 1.54) is 5.56 Å². The SMILES string of the molecule is CN(C)[C@@H](CNC(=O)N1CC(C)(C)c2ncc(Cl)cc21)c1ccccc1. The van der Waals surface area contributed by atoms with E-state index in [0.717, 1.165) is 11.4 Å². The lowest BCUT2D eigenvalue weighted by Crippen LogP contribution is -2.44. The Balaban J connectivity index is 1.76. The number of fused-ring (bicyclic) bond motifs is 1. The van der Waals surface area contributed by atoms with Crippen LogP contribution in [0, 0.1) is 0 Å². The molecule has 0 fully saturated rings. The minimum Gasteiger partial charge on any atom is -0.336 e. The highest BCUT2D eigenvalue weighted by atomic mass is 35.5. The highest BCUT2D eigenvalue weighted by molar-refractivity contribution is 6.30. The molecule has 0 saturated heterocycles. The van der Waals surface area contributed by atoms with E-state index in [2.05, 4.69) is 41.2 Å². The average molecular weight is 373 g/mol. The number of likely N-dealkylation sites (N-methyl/N-ethyl adjacent to an activating group) is 1. The fourth-order valence-electron chi connectivity index (χ4n) is 3.45. The molecule has 1 aliphatic heterocycles. The third-order valence-corrected chi connectivity index (χ3v) is 5.03. The molecule has 0 aliphatic carbocycles. The molecule has 6 heteroatoms.